The quantitative estimate of drug-likeness (QED) is 0.822. The van der Waals surface area contributed by atoms with Gasteiger partial charge in [0.15, 0.2) is 9.84 Å². The van der Waals surface area contributed by atoms with Crippen LogP contribution >= 0.6 is 11.3 Å². The highest BCUT2D eigenvalue weighted by molar-refractivity contribution is 7.92. The standard InChI is InChI=1S/C12H21N3O3S2/c1-5-20(17,18)10-8(13)9(11(14)16)19-12(10)15(4)6-7(2)3/h7H,5-6,13H2,1-4H3,(H2,14,16). The summed E-state index contributed by atoms with van der Waals surface area (Å²) in [5.41, 5.74) is 11.1. The number of amides is 1. The van der Waals surface area contributed by atoms with Crippen LogP contribution in [0.25, 0.3) is 0 Å². The molecule has 0 saturated heterocycles. The van der Waals surface area contributed by atoms with Crippen LogP contribution in [0.2, 0.25) is 0 Å². The summed E-state index contributed by atoms with van der Waals surface area (Å²) < 4.78 is 24.4. The van der Waals surface area contributed by atoms with Crippen molar-refractivity contribution in [2.24, 2.45) is 11.7 Å². The van der Waals surface area contributed by atoms with Crippen molar-refractivity contribution in [3.8, 4) is 0 Å². The third-order valence-electron chi connectivity index (χ3n) is 2.78. The Morgan fingerprint density at radius 2 is 1.95 bits per heavy atom. The highest BCUT2D eigenvalue weighted by Crippen LogP contribution is 2.41. The van der Waals surface area contributed by atoms with Gasteiger partial charge in [0.1, 0.15) is 14.8 Å². The van der Waals surface area contributed by atoms with Crippen LogP contribution in [0.3, 0.4) is 0 Å². The minimum atomic E-state index is -3.52. The van der Waals surface area contributed by atoms with Gasteiger partial charge in [-0.1, -0.05) is 20.8 Å². The Hall–Kier alpha value is -1.28. The molecule has 0 aromatic carbocycles. The molecule has 0 aliphatic carbocycles. The largest absolute Gasteiger partial charge is 0.396 e. The third kappa shape index (κ3) is 3.24. The zero-order valence-electron chi connectivity index (χ0n) is 12.1. The normalized spacial score (nSPS) is 11.8. The van der Waals surface area contributed by atoms with E-state index in [-0.39, 0.29) is 21.2 Å². The summed E-state index contributed by atoms with van der Waals surface area (Å²) in [5.74, 6) is -0.434. The molecule has 1 aromatic heterocycles. The van der Waals surface area contributed by atoms with Gasteiger partial charge in [0.25, 0.3) is 5.91 Å². The second kappa shape index (κ2) is 6.01. The van der Waals surface area contributed by atoms with E-state index in [0.717, 1.165) is 11.3 Å². The lowest BCUT2D eigenvalue weighted by Gasteiger charge is -2.21. The Kier molecular flexibility index (Phi) is 5.04. The van der Waals surface area contributed by atoms with Crippen molar-refractivity contribution in [3.05, 3.63) is 4.88 Å². The molecule has 0 bridgehead atoms. The maximum Gasteiger partial charge on any atom is 0.261 e. The van der Waals surface area contributed by atoms with Crippen LogP contribution in [0.4, 0.5) is 10.7 Å². The monoisotopic (exact) mass is 319 g/mol. The number of carbonyl (C=O) groups excluding carboxylic acids is 1. The van der Waals surface area contributed by atoms with E-state index in [1.807, 2.05) is 13.8 Å². The summed E-state index contributed by atoms with van der Waals surface area (Å²) in [6.07, 6.45) is 0. The van der Waals surface area contributed by atoms with Gasteiger partial charge < -0.3 is 16.4 Å². The van der Waals surface area contributed by atoms with Crippen LogP contribution < -0.4 is 16.4 Å². The van der Waals surface area contributed by atoms with Gasteiger partial charge in [-0.05, 0) is 5.92 Å². The first kappa shape index (κ1) is 16.8. The van der Waals surface area contributed by atoms with Crippen LogP contribution in [-0.2, 0) is 9.84 Å². The number of thiophene rings is 1. The van der Waals surface area contributed by atoms with Crippen LogP contribution in [-0.4, -0.2) is 33.7 Å². The van der Waals surface area contributed by atoms with Gasteiger partial charge in [-0.25, -0.2) is 8.42 Å². The third-order valence-corrected chi connectivity index (χ3v) is 6.04. The minimum absolute atomic E-state index is 0.0296. The van der Waals surface area contributed by atoms with Crippen molar-refractivity contribution in [3.63, 3.8) is 0 Å². The first-order valence-corrected chi connectivity index (χ1v) is 8.74. The van der Waals surface area contributed by atoms with Gasteiger partial charge in [-0.2, -0.15) is 0 Å². The fourth-order valence-electron chi connectivity index (χ4n) is 1.93. The molecule has 1 rings (SSSR count). The molecule has 4 N–H and O–H groups in total. The van der Waals surface area contributed by atoms with Crippen molar-refractivity contribution in [2.75, 3.05) is 30.0 Å². The van der Waals surface area contributed by atoms with Crippen LogP contribution in [0.15, 0.2) is 4.90 Å². The molecule has 0 spiro atoms. The first-order chi connectivity index (χ1) is 9.11. The smallest absolute Gasteiger partial charge is 0.261 e. The van der Waals surface area contributed by atoms with Crippen LogP contribution in [0.5, 0.6) is 0 Å². The topological polar surface area (TPSA) is 106 Å². The summed E-state index contributed by atoms with van der Waals surface area (Å²) in [7, 11) is -1.73. The number of nitrogens with zero attached hydrogens (tertiary/aromatic N) is 1. The number of hydrogen-bond donors (Lipinski definition) is 2. The highest BCUT2D eigenvalue weighted by Gasteiger charge is 2.29. The predicted molar refractivity (Wildman–Crippen MR) is 83.1 cm³/mol. The Morgan fingerprint density at radius 3 is 2.35 bits per heavy atom. The average molecular weight is 319 g/mol. The predicted octanol–water partition coefficient (Wildman–Crippen LogP) is 1.32. The van der Waals surface area contributed by atoms with E-state index < -0.39 is 15.7 Å². The van der Waals surface area contributed by atoms with E-state index in [4.69, 9.17) is 11.5 Å². The molecular formula is C12H21N3O3S2. The number of hydrogen-bond acceptors (Lipinski definition) is 6. The number of sulfone groups is 1. The molecule has 1 aromatic rings. The number of rotatable bonds is 6. The lowest BCUT2D eigenvalue weighted by Crippen LogP contribution is -2.23. The number of nitrogen functional groups attached to an aromatic ring is 1. The van der Waals surface area contributed by atoms with Crippen molar-refractivity contribution < 1.29 is 13.2 Å². The molecule has 0 fully saturated rings. The molecule has 114 valence electrons. The summed E-state index contributed by atoms with van der Waals surface area (Å²) in [6.45, 7) is 6.25. The second-order valence-electron chi connectivity index (χ2n) is 5.02. The molecule has 1 amide bonds. The lowest BCUT2D eigenvalue weighted by molar-refractivity contribution is 0.100. The number of anilines is 2. The average Bonchev–Trinajstić information content (AvgIpc) is 2.66. The Labute approximate surface area is 123 Å². The summed E-state index contributed by atoms with van der Waals surface area (Å²) in [4.78, 5) is 13.3. The van der Waals surface area contributed by atoms with E-state index in [1.54, 1.807) is 18.9 Å². The fraction of sp³-hybridized carbons (Fsp3) is 0.583. The molecule has 0 saturated carbocycles. The molecule has 0 aliphatic rings. The van der Waals surface area contributed by atoms with E-state index in [9.17, 15) is 13.2 Å². The highest BCUT2D eigenvalue weighted by atomic mass is 32.2. The molecule has 0 atom stereocenters. The van der Waals surface area contributed by atoms with Crippen molar-refractivity contribution >= 4 is 37.8 Å². The molecule has 0 aliphatic heterocycles. The lowest BCUT2D eigenvalue weighted by atomic mass is 10.2. The maximum atomic E-state index is 12.2. The number of primary amides is 1. The van der Waals surface area contributed by atoms with E-state index in [0.29, 0.717) is 17.5 Å². The second-order valence-corrected chi connectivity index (χ2v) is 8.24. The van der Waals surface area contributed by atoms with Crippen molar-refractivity contribution in [2.45, 2.75) is 25.7 Å². The van der Waals surface area contributed by atoms with Gasteiger partial charge in [-0.15, -0.1) is 11.3 Å². The van der Waals surface area contributed by atoms with Gasteiger partial charge in [0.05, 0.1) is 11.4 Å². The minimum Gasteiger partial charge on any atom is -0.396 e. The molecule has 8 heteroatoms. The molecular weight excluding hydrogens is 298 g/mol. The molecule has 0 radical (unpaired) electrons. The van der Waals surface area contributed by atoms with Gasteiger partial charge >= 0.3 is 0 Å². The molecule has 6 nitrogen and oxygen atoms in total. The summed E-state index contributed by atoms with van der Waals surface area (Å²) >= 11 is 1.03. The maximum absolute atomic E-state index is 12.2. The Bertz CT molecular complexity index is 606. The fourth-order valence-corrected chi connectivity index (χ4v) is 4.58. The molecule has 20 heavy (non-hydrogen) atoms. The van der Waals surface area contributed by atoms with Gasteiger partial charge in [0, 0.05) is 13.6 Å². The molecule has 1 heterocycles. The summed E-state index contributed by atoms with van der Waals surface area (Å²) in [6, 6.07) is 0. The van der Waals surface area contributed by atoms with E-state index in [2.05, 4.69) is 0 Å². The summed E-state index contributed by atoms with van der Waals surface area (Å²) in [5, 5.41) is 0.479. The van der Waals surface area contributed by atoms with Gasteiger partial charge in [-0.3, -0.25) is 4.79 Å². The molecule has 0 unspecified atom stereocenters. The number of carbonyl (C=O) groups is 1. The van der Waals surface area contributed by atoms with Crippen LogP contribution in [0.1, 0.15) is 30.4 Å². The number of nitrogens with two attached hydrogens (primary N) is 2. The zero-order chi connectivity index (χ0) is 15.7. The van der Waals surface area contributed by atoms with E-state index in [1.165, 1.54) is 0 Å². The Morgan fingerprint density at radius 1 is 1.40 bits per heavy atom. The SMILES string of the molecule is CCS(=O)(=O)c1c(N(C)CC(C)C)sc(C(N)=O)c1N. The van der Waals surface area contributed by atoms with Gasteiger partial charge in [0.2, 0.25) is 0 Å². The van der Waals surface area contributed by atoms with Crippen molar-refractivity contribution in [1.82, 2.24) is 0 Å². The zero-order valence-corrected chi connectivity index (χ0v) is 13.8. The van der Waals surface area contributed by atoms with Crippen molar-refractivity contribution in [1.29, 1.82) is 0 Å². The van der Waals surface area contributed by atoms with Crippen LogP contribution in [0, 0.1) is 5.92 Å². The Balaban J connectivity index is 3.50. The first-order valence-electron chi connectivity index (χ1n) is 6.27. The van der Waals surface area contributed by atoms with E-state index >= 15 is 0 Å².